The Hall–Kier alpha value is -3.43. The van der Waals surface area contributed by atoms with Crippen LogP contribution in [-0.4, -0.2) is 69.2 Å². The molecule has 0 fully saturated rings. The molecule has 3 rings (SSSR count). The van der Waals surface area contributed by atoms with E-state index in [0.29, 0.717) is 0 Å². The van der Waals surface area contributed by atoms with E-state index >= 15 is 0 Å². The van der Waals surface area contributed by atoms with Crippen molar-refractivity contribution in [3.8, 4) is 11.1 Å². The van der Waals surface area contributed by atoms with Crippen LogP contribution in [0.3, 0.4) is 0 Å². The van der Waals surface area contributed by atoms with E-state index in [-0.39, 0.29) is 32.0 Å². The average molecular weight is 456 g/mol. The van der Waals surface area contributed by atoms with Gasteiger partial charge in [-0.3, -0.25) is 4.79 Å². The van der Waals surface area contributed by atoms with Crippen molar-refractivity contribution in [3.05, 3.63) is 59.7 Å². The third kappa shape index (κ3) is 6.09. The smallest absolute Gasteiger partial charge is 0.407 e. The lowest BCUT2D eigenvalue weighted by atomic mass is 9.98. The number of nitrogens with one attached hydrogen (secondary N) is 2. The van der Waals surface area contributed by atoms with E-state index in [1.165, 1.54) is 14.2 Å². The molecule has 0 saturated heterocycles. The van der Waals surface area contributed by atoms with Gasteiger partial charge >= 0.3 is 12.1 Å². The molecule has 2 atom stereocenters. The lowest BCUT2D eigenvalue weighted by Gasteiger charge is -2.18. The van der Waals surface area contributed by atoms with Crippen molar-refractivity contribution in [1.29, 1.82) is 0 Å². The van der Waals surface area contributed by atoms with Gasteiger partial charge in [0.15, 0.2) is 6.10 Å². The number of carbonyl (C=O) groups is 3. The van der Waals surface area contributed by atoms with Gasteiger partial charge in [-0.05, 0) is 22.3 Å². The predicted molar refractivity (Wildman–Crippen MR) is 120 cm³/mol. The third-order valence-electron chi connectivity index (χ3n) is 5.61. The minimum atomic E-state index is -1.17. The van der Waals surface area contributed by atoms with E-state index in [2.05, 4.69) is 22.8 Å². The second-order valence-electron chi connectivity index (χ2n) is 7.63. The highest BCUT2D eigenvalue weighted by Gasteiger charge is 2.29. The van der Waals surface area contributed by atoms with Crippen LogP contribution in [0.4, 0.5) is 4.79 Å². The summed E-state index contributed by atoms with van der Waals surface area (Å²) >= 11 is 0. The molecular formula is C24H28N2O7. The first-order valence-corrected chi connectivity index (χ1v) is 10.6. The summed E-state index contributed by atoms with van der Waals surface area (Å²) in [6, 6.07) is 16.1. The molecule has 2 aromatic rings. The van der Waals surface area contributed by atoms with Gasteiger partial charge in [-0.2, -0.15) is 0 Å². The van der Waals surface area contributed by atoms with Gasteiger partial charge in [-0.25, -0.2) is 9.59 Å². The van der Waals surface area contributed by atoms with Crippen molar-refractivity contribution in [1.82, 2.24) is 10.6 Å². The SMILES string of the molecule is COC(CNC(=O)OCC1c2ccccc2-c2ccccc21)CC(=O)NCC(OC)C(=O)O. The van der Waals surface area contributed by atoms with Crippen molar-refractivity contribution >= 4 is 18.0 Å². The van der Waals surface area contributed by atoms with Crippen molar-refractivity contribution < 1.29 is 33.7 Å². The van der Waals surface area contributed by atoms with Crippen molar-refractivity contribution in [3.63, 3.8) is 0 Å². The number of hydrogen-bond donors (Lipinski definition) is 3. The molecule has 0 aliphatic heterocycles. The number of hydrogen-bond acceptors (Lipinski definition) is 6. The van der Waals surface area contributed by atoms with Crippen molar-refractivity contribution in [2.24, 2.45) is 0 Å². The highest BCUT2D eigenvalue weighted by atomic mass is 16.5. The van der Waals surface area contributed by atoms with Crippen LogP contribution in [0, 0.1) is 0 Å². The minimum Gasteiger partial charge on any atom is -0.479 e. The molecule has 0 heterocycles. The number of carboxylic acids is 1. The zero-order valence-corrected chi connectivity index (χ0v) is 18.6. The average Bonchev–Trinajstić information content (AvgIpc) is 3.14. The fourth-order valence-corrected chi connectivity index (χ4v) is 3.84. The van der Waals surface area contributed by atoms with Crippen LogP contribution in [0.15, 0.2) is 48.5 Å². The van der Waals surface area contributed by atoms with Gasteiger partial charge in [0.05, 0.1) is 19.1 Å². The minimum absolute atomic E-state index is 0.0462. The molecule has 1 aliphatic rings. The summed E-state index contributed by atoms with van der Waals surface area (Å²) in [5, 5.41) is 14.0. The van der Waals surface area contributed by atoms with Crippen molar-refractivity contribution in [2.75, 3.05) is 33.9 Å². The van der Waals surface area contributed by atoms with Crippen LogP contribution in [0.2, 0.25) is 0 Å². The predicted octanol–water partition coefficient (Wildman–Crippen LogP) is 2.15. The van der Waals surface area contributed by atoms with Crippen molar-refractivity contribution in [2.45, 2.75) is 24.5 Å². The molecule has 0 radical (unpaired) electrons. The Morgan fingerprint density at radius 2 is 1.52 bits per heavy atom. The Bertz CT molecular complexity index is 949. The van der Waals surface area contributed by atoms with E-state index in [0.717, 1.165) is 22.3 Å². The molecule has 9 heteroatoms. The number of benzene rings is 2. The molecule has 2 unspecified atom stereocenters. The van der Waals surface area contributed by atoms with Crippen LogP contribution in [0.1, 0.15) is 23.5 Å². The Labute approximate surface area is 192 Å². The molecule has 0 saturated carbocycles. The molecule has 33 heavy (non-hydrogen) atoms. The lowest BCUT2D eigenvalue weighted by molar-refractivity contribution is -0.148. The maximum Gasteiger partial charge on any atom is 0.407 e. The number of aliphatic carboxylic acids is 1. The normalized spacial score (nSPS) is 14.0. The molecule has 0 bridgehead atoms. The molecule has 0 aromatic heterocycles. The number of fused-ring (bicyclic) bond motifs is 3. The Kier molecular flexibility index (Phi) is 8.39. The first-order chi connectivity index (χ1) is 15.9. The molecule has 0 spiro atoms. The highest BCUT2D eigenvalue weighted by Crippen LogP contribution is 2.44. The van der Waals surface area contributed by atoms with Gasteiger partial charge in [0.1, 0.15) is 6.61 Å². The summed E-state index contributed by atoms with van der Waals surface area (Å²) in [7, 11) is 2.67. The van der Waals surface area contributed by atoms with Gasteiger partial charge in [-0.15, -0.1) is 0 Å². The van der Waals surface area contributed by atoms with Gasteiger partial charge in [0.25, 0.3) is 0 Å². The second kappa shape index (κ2) is 11.4. The lowest BCUT2D eigenvalue weighted by Crippen LogP contribution is -2.41. The molecule has 176 valence electrons. The third-order valence-corrected chi connectivity index (χ3v) is 5.61. The van der Waals surface area contributed by atoms with E-state index in [1.54, 1.807) is 0 Å². The van der Waals surface area contributed by atoms with E-state index in [9.17, 15) is 14.4 Å². The number of carbonyl (C=O) groups excluding carboxylic acids is 2. The van der Waals surface area contributed by atoms with E-state index in [1.807, 2.05) is 36.4 Å². The fourth-order valence-electron chi connectivity index (χ4n) is 3.84. The summed E-state index contributed by atoms with van der Waals surface area (Å²) in [5.74, 6) is -1.63. The Morgan fingerprint density at radius 1 is 0.909 bits per heavy atom. The maximum atomic E-state index is 12.3. The van der Waals surface area contributed by atoms with Crippen LogP contribution in [0.25, 0.3) is 11.1 Å². The number of ether oxygens (including phenoxy) is 3. The molecule has 2 amide bonds. The van der Waals surface area contributed by atoms with E-state index < -0.39 is 30.2 Å². The number of alkyl carbamates (subject to hydrolysis) is 1. The highest BCUT2D eigenvalue weighted by molar-refractivity contribution is 5.79. The molecular weight excluding hydrogens is 428 g/mol. The van der Waals surface area contributed by atoms with Crippen LogP contribution >= 0.6 is 0 Å². The molecule has 9 nitrogen and oxygen atoms in total. The van der Waals surface area contributed by atoms with Gasteiger partial charge in [0.2, 0.25) is 5.91 Å². The van der Waals surface area contributed by atoms with E-state index in [4.69, 9.17) is 19.3 Å². The summed E-state index contributed by atoms with van der Waals surface area (Å²) in [6.07, 6.45) is -2.40. The maximum absolute atomic E-state index is 12.3. The topological polar surface area (TPSA) is 123 Å². The molecule has 2 aromatic carbocycles. The number of amides is 2. The molecule has 1 aliphatic carbocycles. The Balaban J connectivity index is 1.47. The quantitative estimate of drug-likeness (QED) is 0.473. The standard InChI is InChI=1S/C24H28N2O7/c1-31-15(11-22(27)25-13-21(32-2)23(28)29)12-26-24(30)33-14-20-18-9-5-3-7-16(18)17-8-4-6-10-19(17)20/h3-10,15,20-21H,11-14H2,1-2H3,(H,25,27)(H,26,30)(H,28,29). The largest absolute Gasteiger partial charge is 0.479 e. The van der Waals surface area contributed by atoms with Gasteiger partial charge < -0.3 is 30.0 Å². The number of carboxylic acid groups (broad SMARTS) is 1. The second-order valence-corrected chi connectivity index (χ2v) is 7.63. The summed E-state index contributed by atoms with van der Waals surface area (Å²) in [6.45, 7) is 0.0831. The van der Waals surface area contributed by atoms with Gasteiger partial charge in [0, 0.05) is 26.7 Å². The van der Waals surface area contributed by atoms with Crippen LogP contribution < -0.4 is 10.6 Å². The zero-order chi connectivity index (χ0) is 23.8. The monoisotopic (exact) mass is 456 g/mol. The van der Waals surface area contributed by atoms with Crippen LogP contribution in [-0.2, 0) is 23.8 Å². The van der Waals surface area contributed by atoms with Crippen LogP contribution in [0.5, 0.6) is 0 Å². The first kappa shape index (κ1) is 24.2. The first-order valence-electron chi connectivity index (χ1n) is 10.6. The summed E-state index contributed by atoms with van der Waals surface area (Å²) in [4.78, 5) is 35.3. The molecule has 3 N–H and O–H groups in total. The summed E-state index contributed by atoms with van der Waals surface area (Å²) < 4.78 is 15.5. The Morgan fingerprint density at radius 3 is 2.06 bits per heavy atom. The van der Waals surface area contributed by atoms with Gasteiger partial charge in [-0.1, -0.05) is 48.5 Å². The number of methoxy groups -OCH3 is 2. The fraction of sp³-hybridized carbons (Fsp3) is 0.375. The summed E-state index contributed by atoms with van der Waals surface area (Å²) in [5.41, 5.74) is 4.53. The number of rotatable bonds is 11. The zero-order valence-electron chi connectivity index (χ0n) is 18.6.